The molecular formula is C14H16N4OS. The van der Waals surface area contributed by atoms with Crippen LogP contribution in [0, 0.1) is 0 Å². The number of nitrogens with zero attached hydrogens (tertiary/aromatic N) is 3. The van der Waals surface area contributed by atoms with Crippen molar-refractivity contribution in [2.75, 3.05) is 11.4 Å². The molecule has 20 heavy (non-hydrogen) atoms. The van der Waals surface area contributed by atoms with Gasteiger partial charge in [0.05, 0.1) is 0 Å². The van der Waals surface area contributed by atoms with E-state index in [1.807, 2.05) is 17.0 Å². The van der Waals surface area contributed by atoms with Crippen molar-refractivity contribution in [1.82, 2.24) is 10.2 Å². The van der Waals surface area contributed by atoms with Gasteiger partial charge in [0.25, 0.3) is 0 Å². The van der Waals surface area contributed by atoms with Gasteiger partial charge in [0, 0.05) is 31.3 Å². The second-order valence-electron chi connectivity index (χ2n) is 4.82. The van der Waals surface area contributed by atoms with Gasteiger partial charge in [-0.15, -0.1) is 10.2 Å². The Morgan fingerprint density at radius 3 is 3.00 bits per heavy atom. The Morgan fingerprint density at radius 2 is 2.30 bits per heavy atom. The minimum Gasteiger partial charge on any atom is -0.324 e. The van der Waals surface area contributed by atoms with Crippen LogP contribution in [0.4, 0.5) is 5.69 Å². The summed E-state index contributed by atoms with van der Waals surface area (Å²) in [4.78, 5) is 13.5. The molecule has 0 saturated heterocycles. The molecule has 2 aromatic rings. The highest BCUT2D eigenvalue weighted by Gasteiger charge is 2.20. The molecule has 0 fully saturated rings. The number of aromatic nitrogens is 2. The van der Waals surface area contributed by atoms with Gasteiger partial charge in [0.1, 0.15) is 10.0 Å². The number of nitrogens with two attached hydrogens (primary N) is 1. The number of benzene rings is 1. The van der Waals surface area contributed by atoms with Crippen LogP contribution in [0.25, 0.3) is 10.6 Å². The van der Waals surface area contributed by atoms with Crippen molar-refractivity contribution in [2.24, 2.45) is 5.73 Å². The van der Waals surface area contributed by atoms with Gasteiger partial charge in [-0.1, -0.05) is 11.3 Å². The van der Waals surface area contributed by atoms with E-state index in [2.05, 4.69) is 16.3 Å². The molecule has 5 nitrogen and oxygen atoms in total. The molecule has 2 heterocycles. The van der Waals surface area contributed by atoms with E-state index in [1.54, 1.807) is 6.92 Å². The van der Waals surface area contributed by atoms with E-state index in [0.29, 0.717) is 6.54 Å². The van der Waals surface area contributed by atoms with E-state index < -0.39 is 0 Å². The number of aryl methyl sites for hydroxylation is 1. The van der Waals surface area contributed by atoms with Gasteiger partial charge in [-0.3, -0.25) is 4.79 Å². The number of carbonyl (C=O) groups excluding carboxylic acids is 1. The van der Waals surface area contributed by atoms with Gasteiger partial charge in [0.2, 0.25) is 5.91 Å². The third-order valence-corrected chi connectivity index (χ3v) is 4.46. The summed E-state index contributed by atoms with van der Waals surface area (Å²) in [5.41, 5.74) is 8.84. The highest BCUT2D eigenvalue weighted by atomic mass is 32.1. The fraction of sp³-hybridized carbons (Fsp3) is 0.357. The first-order valence-electron chi connectivity index (χ1n) is 6.63. The highest BCUT2D eigenvalue weighted by molar-refractivity contribution is 7.14. The Kier molecular flexibility index (Phi) is 3.50. The molecule has 3 rings (SSSR count). The smallest absolute Gasteiger partial charge is 0.223 e. The summed E-state index contributed by atoms with van der Waals surface area (Å²) in [6.45, 7) is 2.83. The summed E-state index contributed by atoms with van der Waals surface area (Å²) < 4.78 is 0. The summed E-state index contributed by atoms with van der Waals surface area (Å²) in [7, 11) is 0. The highest BCUT2D eigenvalue weighted by Crippen LogP contribution is 2.32. The van der Waals surface area contributed by atoms with Crippen LogP contribution in [-0.2, 0) is 17.8 Å². The summed E-state index contributed by atoms with van der Waals surface area (Å²) in [6.07, 6.45) is 2.00. The van der Waals surface area contributed by atoms with Gasteiger partial charge in [0.15, 0.2) is 0 Å². The number of fused-ring (bicyclic) bond motifs is 1. The molecule has 0 bridgehead atoms. The molecule has 2 N–H and O–H groups in total. The van der Waals surface area contributed by atoms with E-state index in [4.69, 9.17) is 5.73 Å². The molecule has 104 valence electrons. The average molecular weight is 288 g/mol. The Hall–Kier alpha value is -1.79. The monoisotopic (exact) mass is 288 g/mol. The number of rotatable bonds is 2. The van der Waals surface area contributed by atoms with E-state index >= 15 is 0 Å². The third kappa shape index (κ3) is 2.32. The van der Waals surface area contributed by atoms with Crippen molar-refractivity contribution >= 4 is 22.9 Å². The Labute approximate surface area is 121 Å². The molecule has 0 spiro atoms. The lowest BCUT2D eigenvalue weighted by Crippen LogP contribution is -2.33. The van der Waals surface area contributed by atoms with Crippen molar-refractivity contribution in [3.63, 3.8) is 0 Å². The van der Waals surface area contributed by atoms with Crippen LogP contribution in [0.5, 0.6) is 0 Å². The maximum absolute atomic E-state index is 11.7. The normalized spacial score (nSPS) is 14.2. The number of hydrogen-bond donors (Lipinski definition) is 1. The van der Waals surface area contributed by atoms with Crippen molar-refractivity contribution < 1.29 is 4.79 Å². The first-order chi connectivity index (χ1) is 9.69. The van der Waals surface area contributed by atoms with E-state index in [0.717, 1.165) is 40.7 Å². The molecule has 1 aliphatic rings. The molecule has 0 unspecified atom stereocenters. The van der Waals surface area contributed by atoms with Crippen molar-refractivity contribution in [3.8, 4) is 10.6 Å². The predicted molar refractivity (Wildman–Crippen MR) is 79.6 cm³/mol. The number of carbonyl (C=O) groups is 1. The minimum atomic E-state index is 0.0973. The van der Waals surface area contributed by atoms with Gasteiger partial charge >= 0.3 is 0 Å². The number of hydrogen-bond acceptors (Lipinski definition) is 5. The molecule has 6 heteroatoms. The fourth-order valence-electron chi connectivity index (χ4n) is 2.51. The lowest BCUT2D eigenvalue weighted by Gasteiger charge is -2.28. The van der Waals surface area contributed by atoms with Crippen LogP contribution in [-0.4, -0.2) is 22.6 Å². The van der Waals surface area contributed by atoms with Crippen molar-refractivity contribution in [1.29, 1.82) is 0 Å². The molecule has 0 radical (unpaired) electrons. The van der Waals surface area contributed by atoms with E-state index in [-0.39, 0.29) is 5.91 Å². The molecule has 1 amide bonds. The molecule has 0 aliphatic carbocycles. The Balaban J connectivity index is 1.98. The first-order valence-corrected chi connectivity index (χ1v) is 7.44. The van der Waals surface area contributed by atoms with Gasteiger partial charge in [-0.05, 0) is 36.6 Å². The molecule has 0 atom stereocenters. The van der Waals surface area contributed by atoms with Crippen LogP contribution in [0.3, 0.4) is 0 Å². The largest absolute Gasteiger partial charge is 0.324 e. The summed E-state index contributed by atoms with van der Waals surface area (Å²) >= 11 is 1.52. The lowest BCUT2D eigenvalue weighted by molar-refractivity contribution is -0.116. The van der Waals surface area contributed by atoms with Crippen LogP contribution in [0.15, 0.2) is 18.2 Å². The number of amides is 1. The topological polar surface area (TPSA) is 72.1 Å². The maximum Gasteiger partial charge on any atom is 0.223 e. The SMILES string of the molecule is CC(=O)N1CCCc2cc(-c3nnc(CN)s3)ccc21. The summed E-state index contributed by atoms with van der Waals surface area (Å²) in [5.74, 6) is 0.0973. The van der Waals surface area contributed by atoms with Gasteiger partial charge in [-0.25, -0.2) is 0 Å². The second-order valence-corrected chi connectivity index (χ2v) is 5.88. The van der Waals surface area contributed by atoms with Gasteiger partial charge in [-0.2, -0.15) is 0 Å². The lowest BCUT2D eigenvalue weighted by atomic mass is 9.99. The third-order valence-electron chi connectivity index (χ3n) is 3.47. The predicted octanol–water partition coefficient (Wildman–Crippen LogP) is 1.96. The maximum atomic E-state index is 11.7. The van der Waals surface area contributed by atoms with E-state index in [1.165, 1.54) is 16.9 Å². The summed E-state index contributed by atoms with van der Waals surface area (Å²) in [6, 6.07) is 6.13. The summed E-state index contributed by atoms with van der Waals surface area (Å²) in [5, 5.41) is 9.93. The zero-order valence-corrected chi connectivity index (χ0v) is 12.1. The van der Waals surface area contributed by atoms with Crippen LogP contribution in [0.1, 0.15) is 23.9 Å². The molecule has 1 aliphatic heterocycles. The standard InChI is InChI=1S/C14H16N4OS/c1-9(19)18-6-2-3-10-7-11(4-5-12(10)18)14-17-16-13(8-15)20-14/h4-5,7H,2-3,6,8,15H2,1H3. The van der Waals surface area contributed by atoms with Crippen LogP contribution >= 0.6 is 11.3 Å². The first kappa shape index (κ1) is 13.2. The minimum absolute atomic E-state index is 0.0973. The second kappa shape index (κ2) is 5.30. The zero-order valence-electron chi connectivity index (χ0n) is 11.3. The average Bonchev–Trinajstić information content (AvgIpc) is 2.94. The Morgan fingerprint density at radius 1 is 1.45 bits per heavy atom. The van der Waals surface area contributed by atoms with Gasteiger partial charge < -0.3 is 10.6 Å². The van der Waals surface area contributed by atoms with Crippen LogP contribution in [0.2, 0.25) is 0 Å². The Bertz CT molecular complexity index is 652. The van der Waals surface area contributed by atoms with Crippen molar-refractivity contribution in [2.45, 2.75) is 26.3 Å². The molecular weight excluding hydrogens is 272 g/mol. The van der Waals surface area contributed by atoms with Crippen molar-refractivity contribution in [3.05, 3.63) is 28.8 Å². The zero-order chi connectivity index (χ0) is 14.1. The fourth-order valence-corrected chi connectivity index (χ4v) is 3.22. The molecule has 1 aromatic carbocycles. The van der Waals surface area contributed by atoms with Crippen LogP contribution < -0.4 is 10.6 Å². The molecule has 1 aromatic heterocycles. The quantitative estimate of drug-likeness (QED) is 0.917. The molecule has 0 saturated carbocycles. The van der Waals surface area contributed by atoms with E-state index in [9.17, 15) is 4.79 Å². The number of anilines is 1.